The lowest BCUT2D eigenvalue weighted by atomic mass is 10.2. The third-order valence-electron chi connectivity index (χ3n) is 4.27. The smallest absolute Gasteiger partial charge is 0.331 e. The number of carbonyl (C=O) groups is 3. The second kappa shape index (κ2) is 8.98. The minimum Gasteiger partial charge on any atom is -0.459 e. The molecule has 0 saturated carbocycles. The topological polar surface area (TPSA) is 80.1 Å². The van der Waals surface area contributed by atoms with Crippen LogP contribution in [-0.4, -0.2) is 60.4 Å². The van der Waals surface area contributed by atoms with Crippen LogP contribution >= 0.6 is 0 Å². The van der Waals surface area contributed by atoms with Gasteiger partial charge in [0.25, 0.3) is 11.8 Å². The summed E-state index contributed by atoms with van der Waals surface area (Å²) in [5.74, 6) is -1.30. The molecule has 3 rings (SSSR count). The molecular formula is C20H19FN2O5. The molecule has 0 unspecified atom stereocenters. The molecule has 8 heteroatoms. The lowest BCUT2D eigenvalue weighted by Gasteiger charge is -2.34. The largest absolute Gasteiger partial charge is 0.459 e. The van der Waals surface area contributed by atoms with E-state index in [1.54, 1.807) is 21.9 Å². The van der Waals surface area contributed by atoms with Gasteiger partial charge >= 0.3 is 5.97 Å². The highest BCUT2D eigenvalue weighted by atomic mass is 19.1. The molecule has 1 fully saturated rings. The summed E-state index contributed by atoms with van der Waals surface area (Å²) in [7, 11) is 0. The van der Waals surface area contributed by atoms with E-state index in [-0.39, 0.29) is 30.0 Å². The molecule has 0 radical (unpaired) electrons. The number of amides is 2. The van der Waals surface area contributed by atoms with Gasteiger partial charge in [-0.3, -0.25) is 9.59 Å². The predicted molar refractivity (Wildman–Crippen MR) is 97.6 cm³/mol. The van der Waals surface area contributed by atoms with Gasteiger partial charge in [-0.2, -0.15) is 0 Å². The maximum atomic E-state index is 12.8. The first kappa shape index (κ1) is 19.3. The highest BCUT2D eigenvalue weighted by molar-refractivity contribution is 5.92. The SMILES string of the molecule is O=C(/C=C/c1ccc(F)cc1)OCC(=O)N1CCN(C(=O)c2ccco2)CC1. The Hall–Kier alpha value is -3.42. The van der Waals surface area contributed by atoms with Crippen LogP contribution in [0, 0.1) is 5.82 Å². The third-order valence-corrected chi connectivity index (χ3v) is 4.27. The Kier molecular flexibility index (Phi) is 6.21. The fraction of sp³-hybridized carbons (Fsp3) is 0.250. The number of nitrogens with zero attached hydrogens (tertiary/aromatic N) is 2. The normalized spacial score (nSPS) is 14.3. The maximum absolute atomic E-state index is 12.8. The summed E-state index contributed by atoms with van der Waals surface area (Å²) >= 11 is 0. The lowest BCUT2D eigenvalue weighted by Crippen LogP contribution is -2.51. The highest BCUT2D eigenvalue weighted by Crippen LogP contribution is 2.10. The minimum absolute atomic E-state index is 0.213. The standard InChI is InChI=1S/C20H19FN2O5/c21-16-6-3-15(4-7-16)5-8-19(25)28-14-18(24)22-9-11-23(12-10-22)20(26)17-2-1-13-27-17/h1-8,13H,9-12,14H2/b8-5+. The molecule has 0 bridgehead atoms. The van der Waals surface area contributed by atoms with Crippen molar-refractivity contribution in [1.82, 2.24) is 9.80 Å². The molecule has 28 heavy (non-hydrogen) atoms. The van der Waals surface area contributed by atoms with E-state index in [9.17, 15) is 18.8 Å². The van der Waals surface area contributed by atoms with Crippen molar-refractivity contribution < 1.29 is 27.9 Å². The van der Waals surface area contributed by atoms with Gasteiger partial charge in [0.2, 0.25) is 0 Å². The minimum atomic E-state index is -0.663. The number of piperazine rings is 1. The van der Waals surface area contributed by atoms with E-state index in [4.69, 9.17) is 9.15 Å². The van der Waals surface area contributed by atoms with Gasteiger partial charge in [0, 0.05) is 32.3 Å². The average molecular weight is 386 g/mol. The van der Waals surface area contributed by atoms with Gasteiger partial charge < -0.3 is 19.0 Å². The van der Waals surface area contributed by atoms with Crippen molar-refractivity contribution >= 4 is 23.9 Å². The van der Waals surface area contributed by atoms with E-state index in [0.29, 0.717) is 31.7 Å². The summed E-state index contributed by atoms with van der Waals surface area (Å²) < 4.78 is 22.9. The van der Waals surface area contributed by atoms with Crippen LogP contribution < -0.4 is 0 Å². The summed E-state index contributed by atoms with van der Waals surface area (Å²) in [4.78, 5) is 39.3. The number of benzene rings is 1. The first-order valence-electron chi connectivity index (χ1n) is 8.74. The molecule has 0 spiro atoms. The molecule has 2 aromatic rings. The molecule has 1 aromatic heterocycles. The van der Waals surface area contributed by atoms with E-state index in [2.05, 4.69) is 0 Å². The number of ether oxygens (including phenoxy) is 1. The molecule has 0 N–H and O–H groups in total. The van der Waals surface area contributed by atoms with Gasteiger partial charge in [0.1, 0.15) is 5.82 Å². The maximum Gasteiger partial charge on any atom is 0.331 e. The molecule has 2 heterocycles. The molecule has 0 aliphatic carbocycles. The van der Waals surface area contributed by atoms with Gasteiger partial charge in [0.05, 0.1) is 6.26 Å². The Labute approximate surface area is 161 Å². The quantitative estimate of drug-likeness (QED) is 0.580. The Morgan fingerprint density at radius 1 is 1.04 bits per heavy atom. The fourth-order valence-electron chi connectivity index (χ4n) is 2.73. The Balaban J connectivity index is 1.41. The Morgan fingerprint density at radius 2 is 1.71 bits per heavy atom. The number of esters is 1. The summed E-state index contributed by atoms with van der Waals surface area (Å²) in [6.45, 7) is 1.09. The highest BCUT2D eigenvalue weighted by Gasteiger charge is 2.26. The van der Waals surface area contributed by atoms with E-state index in [1.807, 2.05) is 0 Å². The van der Waals surface area contributed by atoms with Gasteiger partial charge in [-0.25, -0.2) is 9.18 Å². The van der Waals surface area contributed by atoms with Crippen LogP contribution in [-0.2, 0) is 14.3 Å². The molecule has 0 atom stereocenters. The molecule has 1 saturated heterocycles. The monoisotopic (exact) mass is 386 g/mol. The van der Waals surface area contributed by atoms with Crippen molar-refractivity contribution in [2.45, 2.75) is 0 Å². The number of halogens is 1. The van der Waals surface area contributed by atoms with Crippen LogP contribution in [0.1, 0.15) is 16.1 Å². The van der Waals surface area contributed by atoms with Crippen LogP contribution in [0.4, 0.5) is 4.39 Å². The van der Waals surface area contributed by atoms with E-state index < -0.39 is 5.97 Å². The Bertz CT molecular complexity index is 853. The zero-order chi connectivity index (χ0) is 19.9. The second-order valence-electron chi connectivity index (χ2n) is 6.14. The number of hydrogen-bond donors (Lipinski definition) is 0. The van der Waals surface area contributed by atoms with Crippen LogP contribution in [0.15, 0.2) is 53.2 Å². The predicted octanol–water partition coefficient (Wildman–Crippen LogP) is 1.96. The zero-order valence-corrected chi connectivity index (χ0v) is 15.0. The first-order valence-corrected chi connectivity index (χ1v) is 8.74. The summed E-state index contributed by atoms with van der Waals surface area (Å²) in [6.07, 6.45) is 4.09. The van der Waals surface area contributed by atoms with Gasteiger partial charge in [-0.1, -0.05) is 12.1 Å². The summed E-state index contributed by atoms with van der Waals surface area (Å²) in [5, 5.41) is 0. The van der Waals surface area contributed by atoms with Crippen molar-refractivity contribution in [3.63, 3.8) is 0 Å². The van der Waals surface area contributed by atoms with Crippen LogP contribution in [0.5, 0.6) is 0 Å². The van der Waals surface area contributed by atoms with E-state index >= 15 is 0 Å². The second-order valence-corrected chi connectivity index (χ2v) is 6.14. The lowest BCUT2D eigenvalue weighted by molar-refractivity contribution is -0.148. The average Bonchev–Trinajstić information content (AvgIpc) is 3.26. The zero-order valence-electron chi connectivity index (χ0n) is 15.0. The molecule has 1 aliphatic heterocycles. The van der Waals surface area contributed by atoms with Crippen molar-refractivity contribution in [1.29, 1.82) is 0 Å². The number of rotatable bonds is 5. The van der Waals surface area contributed by atoms with Crippen LogP contribution in [0.2, 0.25) is 0 Å². The van der Waals surface area contributed by atoms with Crippen LogP contribution in [0.3, 0.4) is 0 Å². The van der Waals surface area contributed by atoms with Gasteiger partial charge in [-0.15, -0.1) is 0 Å². The van der Waals surface area contributed by atoms with Crippen molar-refractivity contribution in [2.24, 2.45) is 0 Å². The Morgan fingerprint density at radius 3 is 2.36 bits per heavy atom. The van der Waals surface area contributed by atoms with Gasteiger partial charge in [0.15, 0.2) is 12.4 Å². The molecule has 1 aliphatic rings. The molecule has 7 nitrogen and oxygen atoms in total. The summed E-state index contributed by atoms with van der Waals surface area (Å²) in [6, 6.07) is 8.85. The molecular weight excluding hydrogens is 367 g/mol. The van der Waals surface area contributed by atoms with E-state index in [0.717, 1.165) is 0 Å². The fourth-order valence-corrected chi connectivity index (χ4v) is 2.73. The number of carbonyl (C=O) groups excluding carboxylic acids is 3. The number of furan rings is 1. The first-order chi connectivity index (χ1) is 13.5. The van der Waals surface area contributed by atoms with Crippen molar-refractivity contribution in [3.8, 4) is 0 Å². The van der Waals surface area contributed by atoms with Gasteiger partial charge in [-0.05, 0) is 35.9 Å². The van der Waals surface area contributed by atoms with Crippen molar-refractivity contribution in [2.75, 3.05) is 32.8 Å². The molecule has 2 amide bonds. The molecule has 146 valence electrons. The van der Waals surface area contributed by atoms with Crippen LogP contribution in [0.25, 0.3) is 6.08 Å². The molecule has 1 aromatic carbocycles. The van der Waals surface area contributed by atoms with Crippen molar-refractivity contribution in [3.05, 3.63) is 65.9 Å². The third kappa shape index (κ3) is 5.06. The number of hydrogen-bond acceptors (Lipinski definition) is 5. The van der Waals surface area contributed by atoms with E-state index in [1.165, 1.54) is 42.7 Å². The summed E-state index contributed by atoms with van der Waals surface area (Å²) in [5.41, 5.74) is 0.641.